The number of hydrogen-bond acceptors (Lipinski definition) is 0. The molecule has 0 aromatic carbocycles. The Bertz CT molecular complexity index is 244. The second-order valence-corrected chi connectivity index (χ2v) is 8.09. The highest BCUT2D eigenvalue weighted by atomic mass is 14.5. The first-order valence-corrected chi connectivity index (χ1v) is 9.49. The summed E-state index contributed by atoms with van der Waals surface area (Å²) >= 11 is 0. The molecule has 0 bridgehead atoms. The quantitative estimate of drug-likeness (QED) is 0.384. The molecule has 0 aromatic rings. The van der Waals surface area contributed by atoms with Crippen molar-refractivity contribution >= 4 is 0 Å². The summed E-state index contributed by atoms with van der Waals surface area (Å²) in [5.41, 5.74) is 0. The highest BCUT2D eigenvalue weighted by Gasteiger charge is 2.40. The molecule has 6 unspecified atom stereocenters. The second kappa shape index (κ2) is 9.11. The van der Waals surface area contributed by atoms with Gasteiger partial charge < -0.3 is 0 Å². The predicted molar refractivity (Wildman–Crippen MR) is 91.9 cm³/mol. The van der Waals surface area contributed by atoms with Gasteiger partial charge in [-0.2, -0.15) is 0 Å². The molecule has 0 heteroatoms. The van der Waals surface area contributed by atoms with Gasteiger partial charge in [-0.05, 0) is 48.3 Å². The van der Waals surface area contributed by atoms with Crippen LogP contribution in [0.3, 0.4) is 0 Å². The number of hydrogen-bond donors (Lipinski definition) is 0. The Hall–Kier alpha value is 0. The summed E-state index contributed by atoms with van der Waals surface area (Å²) in [6, 6.07) is 0. The van der Waals surface area contributed by atoms with Crippen LogP contribution in [-0.2, 0) is 0 Å². The molecule has 1 rings (SSSR count). The molecule has 0 amide bonds. The average molecular weight is 281 g/mol. The van der Waals surface area contributed by atoms with Crippen LogP contribution in [0.1, 0.15) is 92.9 Å². The number of rotatable bonds is 11. The summed E-state index contributed by atoms with van der Waals surface area (Å²) < 4.78 is 0. The fraction of sp³-hybridized carbons (Fsp3) is 1.00. The third-order valence-corrected chi connectivity index (χ3v) is 5.99. The maximum atomic E-state index is 2.50. The zero-order valence-corrected chi connectivity index (χ0v) is 15.1. The molecule has 0 nitrogen and oxygen atoms in total. The maximum Gasteiger partial charge on any atom is -0.0357 e. The summed E-state index contributed by atoms with van der Waals surface area (Å²) in [6.45, 7) is 14.5. The molecule has 0 saturated heterocycles. The monoisotopic (exact) mass is 280 g/mol. The minimum atomic E-state index is 0.922. The summed E-state index contributed by atoms with van der Waals surface area (Å²) in [5, 5.41) is 0. The van der Waals surface area contributed by atoms with Crippen LogP contribution in [-0.4, -0.2) is 0 Å². The predicted octanol–water partition coefficient (Wildman–Crippen LogP) is 6.94. The molecule has 1 aliphatic carbocycles. The highest BCUT2D eigenvalue weighted by molar-refractivity contribution is 4.90. The van der Waals surface area contributed by atoms with E-state index >= 15 is 0 Å². The third-order valence-electron chi connectivity index (χ3n) is 5.99. The lowest BCUT2D eigenvalue weighted by Crippen LogP contribution is -2.10. The molecule has 1 aliphatic rings. The molecule has 0 aliphatic heterocycles. The van der Waals surface area contributed by atoms with E-state index in [-0.39, 0.29) is 0 Å². The van der Waals surface area contributed by atoms with Crippen molar-refractivity contribution in [3.05, 3.63) is 0 Å². The largest absolute Gasteiger partial charge is 0.0654 e. The van der Waals surface area contributed by atoms with Gasteiger partial charge in [0.05, 0.1) is 0 Å². The van der Waals surface area contributed by atoms with Crippen LogP contribution < -0.4 is 0 Å². The summed E-state index contributed by atoms with van der Waals surface area (Å²) in [6.07, 6.45) is 11.5. The molecule has 0 aromatic heterocycles. The Labute approximate surface area is 129 Å². The van der Waals surface area contributed by atoms with Gasteiger partial charge in [0, 0.05) is 0 Å². The lowest BCUT2D eigenvalue weighted by molar-refractivity contribution is 0.302. The van der Waals surface area contributed by atoms with E-state index in [0.717, 1.165) is 35.5 Å². The van der Waals surface area contributed by atoms with Crippen LogP contribution in [0.5, 0.6) is 0 Å². The minimum Gasteiger partial charge on any atom is -0.0654 e. The molecule has 0 N–H and O–H groups in total. The third kappa shape index (κ3) is 6.19. The van der Waals surface area contributed by atoms with Crippen molar-refractivity contribution in [3.8, 4) is 0 Å². The smallest absolute Gasteiger partial charge is 0.0357 e. The molecule has 20 heavy (non-hydrogen) atoms. The van der Waals surface area contributed by atoms with Gasteiger partial charge in [0.2, 0.25) is 0 Å². The van der Waals surface area contributed by atoms with Crippen LogP contribution in [0.2, 0.25) is 0 Å². The molecular weight excluding hydrogens is 240 g/mol. The maximum absolute atomic E-state index is 2.50. The van der Waals surface area contributed by atoms with E-state index in [1.807, 2.05) is 0 Å². The second-order valence-electron chi connectivity index (χ2n) is 8.09. The van der Waals surface area contributed by atoms with E-state index in [2.05, 4.69) is 41.5 Å². The first kappa shape index (κ1) is 18.1. The fourth-order valence-electron chi connectivity index (χ4n) is 4.11. The van der Waals surface area contributed by atoms with Crippen LogP contribution in [0.4, 0.5) is 0 Å². The van der Waals surface area contributed by atoms with E-state index in [0.29, 0.717) is 0 Å². The Morgan fingerprint density at radius 1 is 0.800 bits per heavy atom. The van der Waals surface area contributed by atoms with Crippen LogP contribution in [0.25, 0.3) is 0 Å². The molecule has 6 atom stereocenters. The van der Waals surface area contributed by atoms with Gasteiger partial charge in [-0.3, -0.25) is 0 Å². The standard InChI is InChI=1S/C20H40/c1-7-9-16(4)17(5)12-11-15(3)13-19-14-20(19)18(6)10-8-2/h15-20H,7-14H2,1-6H3. The van der Waals surface area contributed by atoms with Gasteiger partial charge in [0.1, 0.15) is 0 Å². The normalized spacial score (nSPS) is 27.9. The van der Waals surface area contributed by atoms with E-state index in [1.165, 1.54) is 51.4 Å². The van der Waals surface area contributed by atoms with Crippen molar-refractivity contribution in [1.82, 2.24) is 0 Å². The van der Waals surface area contributed by atoms with Crippen LogP contribution in [0.15, 0.2) is 0 Å². The summed E-state index contributed by atoms with van der Waals surface area (Å²) in [5.74, 6) is 5.94. The Kier molecular flexibility index (Phi) is 8.22. The summed E-state index contributed by atoms with van der Waals surface area (Å²) in [7, 11) is 0. The fourth-order valence-corrected chi connectivity index (χ4v) is 4.11. The zero-order chi connectivity index (χ0) is 15.1. The van der Waals surface area contributed by atoms with Gasteiger partial charge in [0.15, 0.2) is 0 Å². The summed E-state index contributed by atoms with van der Waals surface area (Å²) in [4.78, 5) is 0. The van der Waals surface area contributed by atoms with Gasteiger partial charge in [-0.25, -0.2) is 0 Å². The Balaban J connectivity index is 2.14. The average Bonchev–Trinajstić information content (AvgIpc) is 3.15. The highest BCUT2D eigenvalue weighted by Crippen LogP contribution is 2.49. The first-order valence-electron chi connectivity index (χ1n) is 9.49. The van der Waals surface area contributed by atoms with Crippen LogP contribution >= 0.6 is 0 Å². The molecule has 120 valence electrons. The lowest BCUT2D eigenvalue weighted by atomic mass is 9.85. The molecule has 0 radical (unpaired) electrons. The first-order chi connectivity index (χ1) is 9.49. The minimum absolute atomic E-state index is 0.922. The molecule has 0 spiro atoms. The molecular formula is C20H40. The van der Waals surface area contributed by atoms with Crippen molar-refractivity contribution in [1.29, 1.82) is 0 Å². The van der Waals surface area contributed by atoms with Crippen molar-refractivity contribution in [2.24, 2.45) is 35.5 Å². The topological polar surface area (TPSA) is 0 Å². The van der Waals surface area contributed by atoms with Crippen molar-refractivity contribution < 1.29 is 0 Å². The van der Waals surface area contributed by atoms with Gasteiger partial charge in [-0.1, -0.05) is 80.1 Å². The van der Waals surface area contributed by atoms with Crippen molar-refractivity contribution in [2.75, 3.05) is 0 Å². The van der Waals surface area contributed by atoms with Crippen LogP contribution in [0, 0.1) is 35.5 Å². The van der Waals surface area contributed by atoms with E-state index in [1.54, 1.807) is 0 Å². The Morgan fingerprint density at radius 2 is 1.40 bits per heavy atom. The molecule has 1 saturated carbocycles. The molecule has 0 heterocycles. The van der Waals surface area contributed by atoms with E-state index < -0.39 is 0 Å². The zero-order valence-electron chi connectivity index (χ0n) is 15.1. The van der Waals surface area contributed by atoms with Gasteiger partial charge in [-0.15, -0.1) is 0 Å². The van der Waals surface area contributed by atoms with E-state index in [4.69, 9.17) is 0 Å². The Morgan fingerprint density at radius 3 is 2.00 bits per heavy atom. The van der Waals surface area contributed by atoms with Gasteiger partial charge >= 0.3 is 0 Å². The van der Waals surface area contributed by atoms with Crippen molar-refractivity contribution in [3.63, 3.8) is 0 Å². The van der Waals surface area contributed by atoms with Gasteiger partial charge in [0.25, 0.3) is 0 Å². The lowest BCUT2D eigenvalue weighted by Gasteiger charge is -2.21. The van der Waals surface area contributed by atoms with E-state index in [9.17, 15) is 0 Å². The van der Waals surface area contributed by atoms with Crippen molar-refractivity contribution in [2.45, 2.75) is 92.9 Å². The SMILES string of the molecule is CCCC(C)C(C)CCC(C)CC1CC1C(C)CCC. The molecule has 1 fully saturated rings.